The Bertz CT molecular complexity index is 1420. The number of nitrogens with zero attached hydrogens (tertiary/aromatic N) is 4. The van der Waals surface area contributed by atoms with Crippen molar-refractivity contribution >= 4 is 34.6 Å². The second-order valence-electron chi connectivity index (χ2n) is 9.36. The Morgan fingerprint density at radius 2 is 2.00 bits per heavy atom. The van der Waals surface area contributed by atoms with E-state index >= 15 is 4.39 Å². The highest BCUT2D eigenvalue weighted by molar-refractivity contribution is 6.29. The number of ether oxygens (including phenoxy) is 1. The molecule has 4 aromatic heterocycles. The highest BCUT2D eigenvalue weighted by atomic mass is 35.5. The largest absolute Gasteiger partial charge is 0.466 e. The molecular formula is C25H25ClFN7O2. The van der Waals surface area contributed by atoms with Crippen LogP contribution in [0.15, 0.2) is 30.7 Å². The number of anilines is 1. The van der Waals surface area contributed by atoms with Crippen LogP contribution in [-0.2, 0) is 9.53 Å². The topological polar surface area (TPSA) is 121 Å². The van der Waals surface area contributed by atoms with Crippen LogP contribution >= 0.6 is 11.6 Å². The number of nitrogens with one attached hydrogen (secondary N) is 3. The highest BCUT2D eigenvalue weighted by Crippen LogP contribution is 2.47. The molecule has 2 bridgehead atoms. The van der Waals surface area contributed by atoms with Crippen LogP contribution in [0.5, 0.6) is 0 Å². The summed E-state index contributed by atoms with van der Waals surface area (Å²) in [7, 11) is 0. The van der Waals surface area contributed by atoms with Crippen molar-refractivity contribution in [2.24, 2.45) is 17.8 Å². The molecule has 0 spiro atoms. The molecule has 186 valence electrons. The summed E-state index contributed by atoms with van der Waals surface area (Å²) in [6.45, 7) is 2.11. The van der Waals surface area contributed by atoms with Gasteiger partial charge in [0.25, 0.3) is 0 Å². The maximum absolute atomic E-state index is 15.9. The maximum atomic E-state index is 15.9. The van der Waals surface area contributed by atoms with Gasteiger partial charge in [0.05, 0.1) is 30.0 Å². The van der Waals surface area contributed by atoms with Gasteiger partial charge in [-0.1, -0.05) is 11.6 Å². The predicted molar refractivity (Wildman–Crippen MR) is 133 cm³/mol. The number of aromatic nitrogens is 6. The van der Waals surface area contributed by atoms with Crippen molar-refractivity contribution in [1.29, 1.82) is 0 Å². The van der Waals surface area contributed by atoms with Gasteiger partial charge in [-0.3, -0.25) is 4.79 Å². The number of aromatic amines is 2. The Kier molecular flexibility index (Phi) is 5.83. The van der Waals surface area contributed by atoms with E-state index in [2.05, 4.69) is 35.2 Å². The Balaban J connectivity index is 1.46. The third kappa shape index (κ3) is 3.89. The molecule has 0 radical (unpaired) electrons. The number of halogens is 2. The fraction of sp³-hybridized carbons (Fsp3) is 0.400. The SMILES string of the molecule is CCOC(=O)[C@@H]1C2CCC(CC2)[C@H]1Nc1nc(-c2c[nH]c3ncc(Cl)nc23)nc(-c2ccc[nH]2)c1F. The molecule has 9 nitrogen and oxygen atoms in total. The molecule has 2 atom stereocenters. The normalized spacial score (nSPS) is 23.2. The zero-order valence-electron chi connectivity index (χ0n) is 19.6. The van der Waals surface area contributed by atoms with Gasteiger partial charge in [-0.2, -0.15) is 0 Å². The maximum Gasteiger partial charge on any atom is 0.311 e. The smallest absolute Gasteiger partial charge is 0.311 e. The summed E-state index contributed by atoms with van der Waals surface area (Å²) in [4.78, 5) is 36.8. The second kappa shape index (κ2) is 9.16. The number of H-pyrrole nitrogens is 2. The Morgan fingerprint density at radius 1 is 1.19 bits per heavy atom. The number of carbonyl (C=O) groups excluding carboxylic acids is 1. The van der Waals surface area contributed by atoms with Crippen LogP contribution in [0.3, 0.4) is 0 Å². The van der Waals surface area contributed by atoms with Gasteiger partial charge in [0.1, 0.15) is 16.4 Å². The number of hydrogen-bond acceptors (Lipinski definition) is 7. The monoisotopic (exact) mass is 509 g/mol. The quantitative estimate of drug-likeness (QED) is 0.313. The molecule has 36 heavy (non-hydrogen) atoms. The molecule has 7 rings (SSSR count). The minimum Gasteiger partial charge on any atom is -0.466 e. The van der Waals surface area contributed by atoms with Crippen molar-refractivity contribution < 1.29 is 13.9 Å². The first kappa shape index (κ1) is 22.9. The molecule has 0 amide bonds. The first-order chi connectivity index (χ1) is 17.5. The van der Waals surface area contributed by atoms with Crippen molar-refractivity contribution in [1.82, 2.24) is 29.9 Å². The Hall–Kier alpha value is -3.53. The fourth-order valence-electron chi connectivity index (χ4n) is 5.75. The van der Waals surface area contributed by atoms with E-state index in [-0.39, 0.29) is 52.3 Å². The standard InChI is InChI=1S/C25H25ClFN7O2/c1-2-36-25(35)17-12-5-7-13(8-6-12)19(17)32-23-18(27)21(15-4-3-9-28-15)33-22(34-23)14-10-29-24-20(14)31-16(26)11-30-24/h3-4,9-13,17,19,28H,2,5-8H2,1H3,(H,29,30)(H,32,33,34)/t12?,13?,17-,19-/m1/s1. The fourth-order valence-corrected chi connectivity index (χ4v) is 5.89. The molecule has 4 aromatic rings. The Labute approximate surface area is 211 Å². The summed E-state index contributed by atoms with van der Waals surface area (Å²) < 4.78 is 21.3. The molecule has 3 aliphatic carbocycles. The molecule has 0 saturated heterocycles. The van der Waals surface area contributed by atoms with Crippen molar-refractivity contribution in [3.63, 3.8) is 0 Å². The van der Waals surface area contributed by atoms with Gasteiger partial charge in [0, 0.05) is 18.4 Å². The van der Waals surface area contributed by atoms with Crippen LogP contribution in [0.4, 0.5) is 10.2 Å². The zero-order valence-corrected chi connectivity index (χ0v) is 20.3. The van der Waals surface area contributed by atoms with Crippen LogP contribution < -0.4 is 5.32 Å². The van der Waals surface area contributed by atoms with E-state index in [4.69, 9.17) is 16.3 Å². The summed E-state index contributed by atoms with van der Waals surface area (Å²) in [5, 5.41) is 3.55. The zero-order chi connectivity index (χ0) is 24.8. The van der Waals surface area contributed by atoms with E-state index in [1.54, 1.807) is 31.5 Å². The van der Waals surface area contributed by atoms with Crippen LogP contribution in [0, 0.1) is 23.6 Å². The van der Waals surface area contributed by atoms with Crippen molar-refractivity contribution in [2.45, 2.75) is 38.6 Å². The number of hydrogen-bond donors (Lipinski definition) is 3. The summed E-state index contributed by atoms with van der Waals surface area (Å²) in [6, 6.07) is 3.24. The van der Waals surface area contributed by atoms with Gasteiger partial charge in [0.15, 0.2) is 23.1 Å². The minimum absolute atomic E-state index is 0.0424. The van der Waals surface area contributed by atoms with Gasteiger partial charge in [-0.15, -0.1) is 0 Å². The van der Waals surface area contributed by atoms with Crippen LogP contribution in [0.2, 0.25) is 5.15 Å². The van der Waals surface area contributed by atoms with E-state index in [0.717, 1.165) is 25.7 Å². The molecule has 0 unspecified atom stereocenters. The second-order valence-corrected chi connectivity index (χ2v) is 9.74. The lowest BCUT2D eigenvalue weighted by atomic mass is 9.61. The first-order valence-corrected chi connectivity index (χ1v) is 12.6. The molecule has 0 aromatic carbocycles. The van der Waals surface area contributed by atoms with Gasteiger partial charge >= 0.3 is 5.97 Å². The van der Waals surface area contributed by atoms with Gasteiger partial charge < -0.3 is 20.0 Å². The van der Waals surface area contributed by atoms with Crippen molar-refractivity contribution in [3.8, 4) is 22.8 Å². The lowest BCUT2D eigenvalue weighted by Crippen LogP contribution is -2.52. The van der Waals surface area contributed by atoms with Gasteiger partial charge in [0.2, 0.25) is 0 Å². The predicted octanol–water partition coefficient (Wildman–Crippen LogP) is 4.98. The first-order valence-electron chi connectivity index (χ1n) is 12.2. The Morgan fingerprint density at radius 3 is 2.75 bits per heavy atom. The van der Waals surface area contributed by atoms with Crippen LogP contribution in [0.1, 0.15) is 32.6 Å². The van der Waals surface area contributed by atoms with E-state index in [0.29, 0.717) is 29.0 Å². The summed E-state index contributed by atoms with van der Waals surface area (Å²) >= 11 is 6.09. The van der Waals surface area contributed by atoms with Crippen LogP contribution in [0.25, 0.3) is 33.9 Å². The molecule has 3 saturated carbocycles. The van der Waals surface area contributed by atoms with Crippen molar-refractivity contribution in [2.75, 3.05) is 11.9 Å². The van der Waals surface area contributed by atoms with Gasteiger partial charge in [-0.05, 0) is 56.6 Å². The lowest BCUT2D eigenvalue weighted by molar-refractivity contribution is -0.154. The van der Waals surface area contributed by atoms with E-state index in [1.807, 2.05) is 0 Å². The molecule has 0 aliphatic heterocycles. The van der Waals surface area contributed by atoms with E-state index < -0.39 is 5.82 Å². The number of rotatable bonds is 6. The minimum atomic E-state index is -0.589. The number of fused-ring (bicyclic) bond motifs is 4. The molecule has 3 aliphatic rings. The molecule has 4 heterocycles. The third-order valence-corrected chi connectivity index (χ3v) is 7.56. The summed E-state index contributed by atoms with van der Waals surface area (Å²) in [5.41, 5.74) is 2.17. The van der Waals surface area contributed by atoms with Crippen molar-refractivity contribution in [3.05, 3.63) is 41.7 Å². The number of carbonyl (C=O) groups is 1. The van der Waals surface area contributed by atoms with E-state index in [1.165, 1.54) is 6.20 Å². The summed E-state index contributed by atoms with van der Waals surface area (Å²) in [6.07, 6.45) is 8.76. The number of esters is 1. The third-order valence-electron chi connectivity index (χ3n) is 7.38. The summed E-state index contributed by atoms with van der Waals surface area (Å²) in [5.74, 6) is -0.416. The molecule has 3 N–H and O–H groups in total. The molecular weight excluding hydrogens is 485 g/mol. The molecule has 3 fully saturated rings. The highest BCUT2D eigenvalue weighted by Gasteiger charge is 2.48. The van der Waals surface area contributed by atoms with Gasteiger partial charge in [-0.25, -0.2) is 24.3 Å². The molecule has 11 heteroatoms. The average Bonchev–Trinajstić information content (AvgIpc) is 3.56. The lowest BCUT2D eigenvalue weighted by Gasteiger charge is -2.47. The van der Waals surface area contributed by atoms with Crippen LogP contribution in [-0.4, -0.2) is 48.5 Å². The average molecular weight is 510 g/mol. The van der Waals surface area contributed by atoms with E-state index in [9.17, 15) is 4.79 Å².